The first kappa shape index (κ1) is 19.9. The molecule has 1 saturated heterocycles. The lowest BCUT2D eigenvalue weighted by Crippen LogP contribution is -2.49. The van der Waals surface area contributed by atoms with Gasteiger partial charge in [0.1, 0.15) is 5.82 Å². The van der Waals surface area contributed by atoms with E-state index in [1.54, 1.807) is 12.1 Å². The van der Waals surface area contributed by atoms with Gasteiger partial charge < -0.3 is 14.3 Å². The van der Waals surface area contributed by atoms with E-state index in [1.165, 1.54) is 6.20 Å². The van der Waals surface area contributed by atoms with Crippen molar-refractivity contribution < 1.29 is 22.5 Å². The van der Waals surface area contributed by atoms with Crippen LogP contribution < -0.4 is 4.90 Å². The molecule has 1 aromatic carbocycles. The van der Waals surface area contributed by atoms with Gasteiger partial charge in [-0.1, -0.05) is 23.4 Å². The van der Waals surface area contributed by atoms with Crippen LogP contribution in [0.2, 0.25) is 0 Å². The molecular weight excluding hydrogens is 399 g/mol. The van der Waals surface area contributed by atoms with Crippen LogP contribution >= 0.6 is 0 Å². The van der Waals surface area contributed by atoms with Crippen LogP contribution in [0.25, 0.3) is 11.4 Å². The Kier molecular flexibility index (Phi) is 5.15. The standard InChI is InChI=1S/C20H18F3N5O2/c1-13-4-2-3-5-15(13)18(29)28-10-8-27(9-11-28)16-7-6-14(12-24-16)17-25-19(30-26-17)20(21,22)23/h2-7,12H,8-11H2,1H3. The number of benzene rings is 1. The van der Waals surface area contributed by atoms with Gasteiger partial charge in [0.25, 0.3) is 5.91 Å². The molecular formula is C20H18F3N5O2. The van der Waals surface area contributed by atoms with Gasteiger partial charge in [-0.2, -0.15) is 18.2 Å². The van der Waals surface area contributed by atoms with Crippen molar-refractivity contribution in [2.45, 2.75) is 13.1 Å². The summed E-state index contributed by atoms with van der Waals surface area (Å²) in [6.45, 7) is 4.22. The van der Waals surface area contributed by atoms with Gasteiger partial charge in [0.15, 0.2) is 0 Å². The van der Waals surface area contributed by atoms with Crippen LogP contribution in [0.1, 0.15) is 21.8 Å². The molecule has 7 nitrogen and oxygen atoms in total. The summed E-state index contributed by atoms with van der Waals surface area (Å²) in [5.41, 5.74) is 1.97. The predicted molar refractivity (Wildman–Crippen MR) is 102 cm³/mol. The average molecular weight is 417 g/mol. The van der Waals surface area contributed by atoms with E-state index in [0.717, 1.165) is 5.56 Å². The Morgan fingerprint density at radius 1 is 1.07 bits per heavy atom. The van der Waals surface area contributed by atoms with E-state index in [2.05, 4.69) is 19.6 Å². The molecule has 30 heavy (non-hydrogen) atoms. The fourth-order valence-electron chi connectivity index (χ4n) is 3.28. The second kappa shape index (κ2) is 7.77. The molecule has 0 radical (unpaired) electrons. The zero-order valence-electron chi connectivity index (χ0n) is 16.1. The molecule has 1 amide bonds. The average Bonchev–Trinajstić information content (AvgIpc) is 3.25. The maximum atomic E-state index is 12.7. The fraction of sp³-hybridized carbons (Fsp3) is 0.300. The Morgan fingerprint density at radius 2 is 1.80 bits per heavy atom. The summed E-state index contributed by atoms with van der Waals surface area (Å²) in [4.78, 5) is 24.2. The number of hydrogen-bond donors (Lipinski definition) is 0. The van der Waals surface area contributed by atoms with Gasteiger partial charge in [-0.05, 0) is 30.7 Å². The first-order valence-electron chi connectivity index (χ1n) is 9.30. The van der Waals surface area contributed by atoms with E-state index in [1.807, 2.05) is 41.0 Å². The Morgan fingerprint density at radius 3 is 2.40 bits per heavy atom. The number of pyridine rings is 1. The highest BCUT2D eigenvalue weighted by atomic mass is 19.4. The Hall–Kier alpha value is -3.43. The van der Waals surface area contributed by atoms with Crippen LogP contribution in [0, 0.1) is 6.92 Å². The molecule has 1 aliphatic rings. The van der Waals surface area contributed by atoms with Gasteiger partial charge >= 0.3 is 12.1 Å². The van der Waals surface area contributed by atoms with Crippen molar-refractivity contribution in [3.63, 3.8) is 0 Å². The van der Waals surface area contributed by atoms with Crippen molar-refractivity contribution in [1.82, 2.24) is 20.0 Å². The molecule has 1 aliphatic heterocycles. The number of anilines is 1. The molecule has 3 aromatic rings. The SMILES string of the molecule is Cc1ccccc1C(=O)N1CCN(c2ccc(-c3noc(C(F)(F)F)n3)cn2)CC1. The number of aryl methyl sites for hydroxylation is 1. The third-order valence-electron chi connectivity index (χ3n) is 4.94. The second-order valence-corrected chi connectivity index (χ2v) is 6.92. The Balaban J connectivity index is 1.40. The van der Waals surface area contributed by atoms with E-state index in [9.17, 15) is 18.0 Å². The number of aromatic nitrogens is 3. The number of rotatable bonds is 3. The monoisotopic (exact) mass is 417 g/mol. The number of amides is 1. The third-order valence-corrected chi connectivity index (χ3v) is 4.94. The first-order valence-corrected chi connectivity index (χ1v) is 9.30. The molecule has 0 N–H and O–H groups in total. The molecule has 10 heteroatoms. The van der Waals surface area contributed by atoms with E-state index < -0.39 is 12.1 Å². The molecule has 2 aromatic heterocycles. The van der Waals surface area contributed by atoms with Crippen molar-refractivity contribution in [3.8, 4) is 11.4 Å². The van der Waals surface area contributed by atoms with Crippen LogP contribution in [0.3, 0.4) is 0 Å². The number of halogens is 3. The highest BCUT2D eigenvalue weighted by molar-refractivity contribution is 5.95. The van der Waals surface area contributed by atoms with Gasteiger partial charge in [0.05, 0.1) is 0 Å². The minimum Gasteiger partial charge on any atom is -0.353 e. The summed E-state index contributed by atoms with van der Waals surface area (Å²) in [5.74, 6) is -0.888. The van der Waals surface area contributed by atoms with Crippen molar-refractivity contribution in [2.75, 3.05) is 31.1 Å². The van der Waals surface area contributed by atoms with Gasteiger partial charge in [-0.15, -0.1) is 0 Å². The van der Waals surface area contributed by atoms with Gasteiger partial charge in [0, 0.05) is 43.5 Å². The predicted octanol–water partition coefficient (Wildman–Crippen LogP) is 3.42. The molecule has 0 atom stereocenters. The summed E-state index contributed by atoms with van der Waals surface area (Å²) in [6.07, 6.45) is -3.28. The van der Waals surface area contributed by atoms with Crippen LogP contribution in [0.4, 0.5) is 19.0 Å². The lowest BCUT2D eigenvalue weighted by atomic mass is 10.1. The number of alkyl halides is 3. The van der Waals surface area contributed by atoms with Crippen LogP contribution in [0.15, 0.2) is 47.1 Å². The summed E-state index contributed by atoms with van der Waals surface area (Å²) in [7, 11) is 0. The topological polar surface area (TPSA) is 75.4 Å². The summed E-state index contributed by atoms with van der Waals surface area (Å²) in [5, 5.41) is 3.36. The highest BCUT2D eigenvalue weighted by Crippen LogP contribution is 2.29. The molecule has 0 bridgehead atoms. The number of carbonyl (C=O) groups excluding carboxylic acids is 1. The molecule has 0 saturated carbocycles. The zero-order valence-corrected chi connectivity index (χ0v) is 16.1. The molecule has 4 rings (SSSR count). The van der Waals surface area contributed by atoms with E-state index in [4.69, 9.17) is 0 Å². The van der Waals surface area contributed by atoms with Crippen molar-refractivity contribution in [2.24, 2.45) is 0 Å². The van der Waals surface area contributed by atoms with Gasteiger partial charge in [0.2, 0.25) is 5.82 Å². The largest absolute Gasteiger partial charge is 0.471 e. The smallest absolute Gasteiger partial charge is 0.353 e. The first-order chi connectivity index (χ1) is 14.3. The lowest BCUT2D eigenvalue weighted by Gasteiger charge is -2.35. The van der Waals surface area contributed by atoms with Crippen LogP contribution in [0.5, 0.6) is 0 Å². The molecule has 0 unspecified atom stereocenters. The zero-order chi connectivity index (χ0) is 21.3. The lowest BCUT2D eigenvalue weighted by molar-refractivity contribution is -0.159. The second-order valence-electron chi connectivity index (χ2n) is 6.92. The van der Waals surface area contributed by atoms with Crippen molar-refractivity contribution >= 4 is 11.7 Å². The van der Waals surface area contributed by atoms with Gasteiger partial charge in [-0.25, -0.2) is 4.98 Å². The molecule has 0 spiro atoms. The summed E-state index contributed by atoms with van der Waals surface area (Å²) >= 11 is 0. The maximum Gasteiger partial charge on any atom is 0.471 e. The third kappa shape index (κ3) is 3.98. The minimum absolute atomic E-state index is 0.00799. The van der Waals surface area contributed by atoms with E-state index >= 15 is 0 Å². The van der Waals surface area contributed by atoms with E-state index in [0.29, 0.717) is 43.1 Å². The van der Waals surface area contributed by atoms with Crippen molar-refractivity contribution in [1.29, 1.82) is 0 Å². The van der Waals surface area contributed by atoms with Gasteiger partial charge in [-0.3, -0.25) is 4.79 Å². The summed E-state index contributed by atoms with van der Waals surface area (Å²) in [6, 6.07) is 10.8. The Labute approximate surface area is 170 Å². The molecule has 156 valence electrons. The number of hydrogen-bond acceptors (Lipinski definition) is 6. The minimum atomic E-state index is -4.69. The van der Waals surface area contributed by atoms with E-state index in [-0.39, 0.29) is 11.7 Å². The molecule has 0 aliphatic carbocycles. The molecule has 3 heterocycles. The number of piperazine rings is 1. The summed E-state index contributed by atoms with van der Waals surface area (Å²) < 4.78 is 42.0. The number of nitrogens with zero attached hydrogens (tertiary/aromatic N) is 5. The normalized spacial score (nSPS) is 14.8. The maximum absolute atomic E-state index is 12.7. The van der Waals surface area contributed by atoms with Crippen molar-refractivity contribution in [3.05, 3.63) is 59.6 Å². The number of carbonyl (C=O) groups is 1. The molecule has 1 fully saturated rings. The van der Waals surface area contributed by atoms with Crippen LogP contribution in [-0.4, -0.2) is 52.1 Å². The highest BCUT2D eigenvalue weighted by Gasteiger charge is 2.38. The van der Waals surface area contributed by atoms with Crippen LogP contribution in [-0.2, 0) is 6.18 Å². The quantitative estimate of drug-likeness (QED) is 0.650. The Bertz CT molecular complexity index is 1040. The fourth-order valence-corrected chi connectivity index (χ4v) is 3.28.